The lowest BCUT2D eigenvalue weighted by atomic mass is 9.65. The van der Waals surface area contributed by atoms with Gasteiger partial charge in [-0.3, -0.25) is 14.9 Å². The van der Waals surface area contributed by atoms with Crippen LogP contribution in [0, 0.1) is 10.8 Å². The number of carbonyl (C=O) groups excluding carboxylic acids is 3. The summed E-state index contributed by atoms with van der Waals surface area (Å²) in [5.74, 6) is 1.55. The van der Waals surface area contributed by atoms with E-state index in [9.17, 15) is 14.4 Å². The maximum Gasteiger partial charge on any atom is 0.320 e. The third-order valence-electron chi connectivity index (χ3n) is 7.81. The number of aromatic nitrogens is 1. The Bertz CT molecular complexity index is 1430. The molecule has 0 atom stereocenters. The lowest BCUT2D eigenvalue weighted by Gasteiger charge is -2.43. The van der Waals surface area contributed by atoms with E-state index in [2.05, 4.69) is 43.3 Å². The summed E-state index contributed by atoms with van der Waals surface area (Å²) in [6.45, 7) is 8.20. The number of ether oxygens (including phenoxy) is 2. The van der Waals surface area contributed by atoms with Crippen molar-refractivity contribution in [2.45, 2.75) is 59.3 Å². The summed E-state index contributed by atoms with van der Waals surface area (Å²) < 4.78 is 12.2. The summed E-state index contributed by atoms with van der Waals surface area (Å²) in [6, 6.07) is 10.4. The smallest absolute Gasteiger partial charge is 0.320 e. The van der Waals surface area contributed by atoms with Crippen LogP contribution >= 0.6 is 0 Å². The molecule has 3 aliphatic rings. The second kappa shape index (κ2) is 10.8. The summed E-state index contributed by atoms with van der Waals surface area (Å²) in [5.41, 5.74) is 2.61. The van der Waals surface area contributed by atoms with Crippen molar-refractivity contribution in [2.75, 3.05) is 25.6 Å². The van der Waals surface area contributed by atoms with E-state index in [0.717, 1.165) is 5.56 Å². The fraction of sp³-hybridized carbons (Fsp3) is 0.438. The first-order valence-electron chi connectivity index (χ1n) is 13.9. The molecule has 1 aromatic heterocycles. The van der Waals surface area contributed by atoms with E-state index in [1.807, 2.05) is 24.3 Å². The number of methoxy groups -OCH3 is 1. The number of anilines is 1. The number of aliphatic hydroxyl groups excluding tert-OH is 1. The molecule has 1 aromatic carbocycles. The largest absolute Gasteiger partial charge is 0.496 e. The summed E-state index contributed by atoms with van der Waals surface area (Å²) in [5, 5.41) is 14.2. The summed E-state index contributed by atoms with van der Waals surface area (Å²) in [7, 11) is 1.58. The zero-order valence-electron chi connectivity index (χ0n) is 24.2. The van der Waals surface area contributed by atoms with Gasteiger partial charge in [-0.15, -0.1) is 0 Å². The highest BCUT2D eigenvalue weighted by Gasteiger charge is 2.48. The molecular weight excluding hydrogens is 522 g/mol. The molecule has 0 unspecified atom stereocenters. The first-order valence-corrected chi connectivity index (χ1v) is 13.9. The minimum absolute atomic E-state index is 0.0175. The SMILES string of the molecule is COc1ccc(-c2cccc(NC(=O)NCCO)n2)cc1C1C2=C(CC(C)(C)CC2=O)OC2=C1C(=O)CC(C)(C)C2. The van der Waals surface area contributed by atoms with Crippen molar-refractivity contribution in [2.24, 2.45) is 10.8 Å². The van der Waals surface area contributed by atoms with Gasteiger partial charge in [-0.2, -0.15) is 0 Å². The van der Waals surface area contributed by atoms with Crippen LogP contribution in [0.2, 0.25) is 0 Å². The van der Waals surface area contributed by atoms with Crippen molar-refractivity contribution in [3.05, 3.63) is 64.6 Å². The number of nitrogens with zero attached hydrogens (tertiary/aromatic N) is 1. The Kier molecular flexibility index (Phi) is 7.50. The lowest BCUT2D eigenvalue weighted by Crippen LogP contribution is -2.37. The number of pyridine rings is 1. The van der Waals surface area contributed by atoms with Gasteiger partial charge < -0.3 is 19.9 Å². The van der Waals surface area contributed by atoms with Crippen LogP contribution in [0.15, 0.2) is 59.1 Å². The van der Waals surface area contributed by atoms with Crippen molar-refractivity contribution in [3.63, 3.8) is 0 Å². The maximum absolute atomic E-state index is 13.7. The highest BCUT2D eigenvalue weighted by atomic mass is 16.5. The number of Topliss-reactive ketones (excluding diaryl/α,β-unsaturated/α-hetero) is 2. The van der Waals surface area contributed by atoms with Crippen molar-refractivity contribution in [3.8, 4) is 17.0 Å². The van der Waals surface area contributed by atoms with Crippen LogP contribution < -0.4 is 15.4 Å². The van der Waals surface area contributed by atoms with E-state index >= 15 is 0 Å². The number of hydrogen-bond acceptors (Lipinski definition) is 7. The van der Waals surface area contributed by atoms with Crippen LogP contribution in [0.3, 0.4) is 0 Å². The van der Waals surface area contributed by atoms with Gasteiger partial charge in [0.2, 0.25) is 0 Å². The van der Waals surface area contributed by atoms with Gasteiger partial charge in [0.05, 0.1) is 25.3 Å². The molecule has 41 heavy (non-hydrogen) atoms. The van der Waals surface area contributed by atoms with E-state index in [1.165, 1.54) is 0 Å². The molecule has 0 radical (unpaired) electrons. The van der Waals surface area contributed by atoms with Gasteiger partial charge in [0, 0.05) is 54.5 Å². The molecule has 0 bridgehead atoms. The van der Waals surface area contributed by atoms with Crippen LogP contribution in [0.5, 0.6) is 5.75 Å². The number of carbonyl (C=O) groups is 3. The topological polar surface area (TPSA) is 127 Å². The normalized spacial score (nSPS) is 19.8. The quantitative estimate of drug-likeness (QED) is 0.440. The predicted octanol–water partition coefficient (Wildman–Crippen LogP) is 5.27. The summed E-state index contributed by atoms with van der Waals surface area (Å²) >= 11 is 0. The standard InChI is InChI=1S/C32H37N3O6/c1-31(2)14-21(37)28-24(16-31)41-25-17-32(3,4)15-22(38)29(25)27(28)19-13-18(9-10-23(19)40-5)20-7-6-8-26(34-20)35-30(39)33-11-12-36/h6-10,13,27,36H,11-12,14-17H2,1-5H3,(H2,33,34,35,39). The van der Waals surface area contributed by atoms with E-state index in [0.29, 0.717) is 71.2 Å². The second-order valence-electron chi connectivity index (χ2n) is 12.6. The molecule has 5 rings (SSSR count). The number of rotatable bonds is 6. The first kappa shape index (κ1) is 28.5. The molecule has 0 saturated heterocycles. The lowest BCUT2D eigenvalue weighted by molar-refractivity contribution is -0.120. The van der Waals surface area contributed by atoms with Gasteiger partial charge in [-0.25, -0.2) is 9.78 Å². The molecule has 9 nitrogen and oxygen atoms in total. The van der Waals surface area contributed by atoms with Gasteiger partial charge in [0.15, 0.2) is 11.6 Å². The van der Waals surface area contributed by atoms with E-state index < -0.39 is 11.9 Å². The number of benzene rings is 1. The fourth-order valence-corrected chi connectivity index (χ4v) is 6.10. The van der Waals surface area contributed by atoms with Gasteiger partial charge in [-0.1, -0.05) is 33.8 Å². The number of aliphatic hydroxyl groups is 1. The van der Waals surface area contributed by atoms with Crippen LogP contribution in [0.25, 0.3) is 11.3 Å². The maximum atomic E-state index is 13.7. The minimum Gasteiger partial charge on any atom is -0.496 e. The fourth-order valence-electron chi connectivity index (χ4n) is 6.10. The number of ketones is 2. The molecule has 2 aliphatic carbocycles. The zero-order chi connectivity index (χ0) is 29.5. The van der Waals surface area contributed by atoms with E-state index in [4.69, 9.17) is 14.6 Å². The first-order chi connectivity index (χ1) is 19.4. The molecule has 9 heteroatoms. The number of hydrogen-bond donors (Lipinski definition) is 3. The Morgan fingerprint density at radius 2 is 1.63 bits per heavy atom. The third kappa shape index (κ3) is 5.77. The molecule has 2 heterocycles. The minimum atomic E-state index is -0.610. The Balaban J connectivity index is 1.63. The Hall–Kier alpha value is -3.98. The average molecular weight is 560 g/mol. The number of amides is 2. The monoisotopic (exact) mass is 559 g/mol. The zero-order valence-corrected chi connectivity index (χ0v) is 24.2. The molecule has 0 saturated carbocycles. The molecule has 1 aliphatic heterocycles. The second-order valence-corrected chi connectivity index (χ2v) is 12.6. The number of nitrogens with one attached hydrogen (secondary N) is 2. The Morgan fingerprint density at radius 1 is 1.00 bits per heavy atom. The Labute approximate surface area is 240 Å². The van der Waals surface area contributed by atoms with Gasteiger partial charge in [0.25, 0.3) is 0 Å². The average Bonchev–Trinajstić information content (AvgIpc) is 2.89. The van der Waals surface area contributed by atoms with Crippen LogP contribution in [-0.2, 0) is 14.3 Å². The molecule has 3 N–H and O–H groups in total. The molecule has 2 aromatic rings. The van der Waals surface area contributed by atoms with Gasteiger partial charge in [0.1, 0.15) is 23.1 Å². The predicted molar refractivity (Wildman–Crippen MR) is 154 cm³/mol. The van der Waals surface area contributed by atoms with Crippen molar-refractivity contribution >= 4 is 23.4 Å². The molecule has 216 valence electrons. The highest BCUT2D eigenvalue weighted by molar-refractivity contribution is 6.06. The van der Waals surface area contributed by atoms with Gasteiger partial charge >= 0.3 is 6.03 Å². The number of allylic oxidation sites excluding steroid dienone is 4. The van der Waals surface area contributed by atoms with Crippen LogP contribution in [-0.4, -0.2) is 47.9 Å². The molecule has 2 amide bonds. The van der Waals surface area contributed by atoms with Gasteiger partial charge in [-0.05, 0) is 41.2 Å². The van der Waals surface area contributed by atoms with Crippen molar-refractivity contribution in [1.29, 1.82) is 0 Å². The third-order valence-corrected chi connectivity index (χ3v) is 7.81. The van der Waals surface area contributed by atoms with E-state index in [1.54, 1.807) is 19.2 Å². The highest BCUT2D eigenvalue weighted by Crippen LogP contribution is 2.54. The molecular formula is C32H37N3O6. The van der Waals surface area contributed by atoms with E-state index in [-0.39, 0.29) is 35.5 Å². The summed E-state index contributed by atoms with van der Waals surface area (Å²) in [4.78, 5) is 44.2. The summed E-state index contributed by atoms with van der Waals surface area (Å²) in [6.07, 6.45) is 1.93. The van der Waals surface area contributed by atoms with Crippen LogP contribution in [0.1, 0.15) is 64.9 Å². The molecule has 0 spiro atoms. The number of urea groups is 1. The Morgan fingerprint density at radius 3 is 2.22 bits per heavy atom. The molecule has 0 fully saturated rings. The van der Waals surface area contributed by atoms with Crippen molar-refractivity contribution < 1.29 is 29.0 Å². The van der Waals surface area contributed by atoms with Crippen LogP contribution in [0.4, 0.5) is 10.6 Å². The van der Waals surface area contributed by atoms with Crippen molar-refractivity contribution in [1.82, 2.24) is 10.3 Å².